The van der Waals surface area contributed by atoms with Crippen LogP contribution in [0.3, 0.4) is 0 Å². The molecule has 0 saturated heterocycles. The maximum absolute atomic E-state index is 13.0. The van der Waals surface area contributed by atoms with Crippen LogP contribution >= 0.6 is 11.3 Å². The van der Waals surface area contributed by atoms with Crippen LogP contribution in [0.5, 0.6) is 5.75 Å². The Hall–Kier alpha value is -2.91. The van der Waals surface area contributed by atoms with Crippen LogP contribution in [0.25, 0.3) is 15.9 Å². The second-order valence-corrected chi connectivity index (χ2v) is 8.66. The first-order chi connectivity index (χ1) is 12.9. The van der Waals surface area contributed by atoms with Gasteiger partial charge in [0.05, 0.1) is 28.6 Å². The highest BCUT2D eigenvalue weighted by Crippen LogP contribution is 2.26. The number of thiazole rings is 1. The lowest BCUT2D eigenvalue weighted by molar-refractivity contribution is 0.415. The van der Waals surface area contributed by atoms with Gasteiger partial charge in [-0.05, 0) is 42.5 Å². The van der Waals surface area contributed by atoms with E-state index in [-0.39, 0.29) is 10.3 Å². The Morgan fingerprint density at radius 3 is 2.59 bits per heavy atom. The summed E-state index contributed by atoms with van der Waals surface area (Å²) in [5.41, 5.74) is 0.660. The summed E-state index contributed by atoms with van der Waals surface area (Å²) in [6.45, 7) is 0. The van der Waals surface area contributed by atoms with Crippen LogP contribution in [0.1, 0.15) is 0 Å². The van der Waals surface area contributed by atoms with Crippen LogP contribution in [0.4, 0.5) is 5.69 Å². The summed E-state index contributed by atoms with van der Waals surface area (Å²) in [5, 5.41) is 2.08. The van der Waals surface area contributed by atoms with Crippen molar-refractivity contribution in [3.05, 3.63) is 64.4 Å². The first kappa shape index (κ1) is 17.5. The summed E-state index contributed by atoms with van der Waals surface area (Å²) in [5.74, 6) is 0.633. The second kappa shape index (κ2) is 6.36. The standard InChI is InChI=1S/C18H15N3O4S2/c1-20(12-3-5-13(25-2)6-4-12)27(23,24)14-7-8-16-15(11-14)17(22)19-18-21(16)9-10-26-18/h3-11H,1-2H3. The number of benzene rings is 2. The number of rotatable bonds is 4. The van der Waals surface area contributed by atoms with Crippen LogP contribution in [0.15, 0.2) is 63.7 Å². The van der Waals surface area contributed by atoms with Crippen LogP contribution < -0.4 is 14.6 Å². The van der Waals surface area contributed by atoms with Gasteiger partial charge in [0.15, 0.2) is 4.96 Å². The highest BCUT2D eigenvalue weighted by Gasteiger charge is 2.22. The number of methoxy groups -OCH3 is 1. The fourth-order valence-corrected chi connectivity index (χ4v) is 4.76. The second-order valence-electron chi connectivity index (χ2n) is 5.82. The molecule has 0 spiro atoms. The molecule has 2 heterocycles. The van der Waals surface area contributed by atoms with Crippen LogP contribution in [-0.4, -0.2) is 32.0 Å². The van der Waals surface area contributed by atoms with Gasteiger partial charge in [0.1, 0.15) is 5.75 Å². The zero-order chi connectivity index (χ0) is 19.2. The van der Waals surface area contributed by atoms with Crippen LogP contribution in [0, 0.1) is 0 Å². The normalized spacial score (nSPS) is 11.8. The molecule has 0 saturated carbocycles. The van der Waals surface area contributed by atoms with Gasteiger partial charge in [-0.1, -0.05) is 0 Å². The fourth-order valence-electron chi connectivity index (χ4n) is 2.83. The van der Waals surface area contributed by atoms with E-state index in [2.05, 4.69) is 4.98 Å². The van der Waals surface area contributed by atoms with E-state index in [0.717, 1.165) is 0 Å². The zero-order valence-corrected chi connectivity index (χ0v) is 16.1. The van der Waals surface area contributed by atoms with Crippen molar-refractivity contribution in [3.8, 4) is 5.75 Å². The number of hydrogen-bond donors (Lipinski definition) is 0. The molecule has 9 heteroatoms. The van der Waals surface area contributed by atoms with Crippen LogP contribution in [0.2, 0.25) is 0 Å². The van der Waals surface area contributed by atoms with Gasteiger partial charge in [-0.15, -0.1) is 11.3 Å². The summed E-state index contributed by atoms with van der Waals surface area (Å²) in [4.78, 5) is 17.0. The quantitative estimate of drug-likeness (QED) is 0.525. The number of aromatic nitrogens is 2. The Balaban J connectivity index is 1.83. The van der Waals surface area contributed by atoms with Crippen molar-refractivity contribution in [1.29, 1.82) is 0 Å². The molecule has 0 unspecified atom stereocenters. The van der Waals surface area contributed by atoms with Gasteiger partial charge in [0.2, 0.25) is 0 Å². The van der Waals surface area contributed by atoms with Gasteiger partial charge in [-0.25, -0.2) is 8.42 Å². The summed E-state index contributed by atoms with van der Waals surface area (Å²) in [6, 6.07) is 11.2. The monoisotopic (exact) mass is 401 g/mol. The predicted molar refractivity (Wildman–Crippen MR) is 105 cm³/mol. The molecule has 7 nitrogen and oxygen atoms in total. The number of nitrogens with zero attached hydrogens (tertiary/aromatic N) is 3. The molecule has 27 heavy (non-hydrogen) atoms. The molecular formula is C18H15N3O4S2. The van der Waals surface area contributed by atoms with Crippen molar-refractivity contribution in [2.24, 2.45) is 0 Å². The number of sulfonamides is 1. The molecule has 0 aliphatic heterocycles. The number of fused-ring (bicyclic) bond motifs is 3. The van der Waals surface area contributed by atoms with E-state index in [0.29, 0.717) is 21.9 Å². The van der Waals surface area contributed by atoms with Gasteiger partial charge >= 0.3 is 0 Å². The van der Waals surface area contributed by atoms with Crippen molar-refractivity contribution in [2.75, 3.05) is 18.5 Å². The highest BCUT2D eigenvalue weighted by molar-refractivity contribution is 7.92. The average Bonchev–Trinajstić information content (AvgIpc) is 3.15. The van der Waals surface area contributed by atoms with Crippen molar-refractivity contribution >= 4 is 42.9 Å². The minimum absolute atomic E-state index is 0.0300. The Morgan fingerprint density at radius 1 is 1.15 bits per heavy atom. The predicted octanol–water partition coefficient (Wildman–Crippen LogP) is 2.74. The lowest BCUT2D eigenvalue weighted by atomic mass is 10.2. The molecule has 0 amide bonds. The van der Waals surface area contributed by atoms with Crippen molar-refractivity contribution < 1.29 is 13.2 Å². The summed E-state index contributed by atoms with van der Waals surface area (Å²) in [6.07, 6.45) is 1.80. The average molecular weight is 401 g/mol. The minimum atomic E-state index is -3.84. The largest absolute Gasteiger partial charge is 0.497 e. The van der Waals surface area contributed by atoms with Crippen molar-refractivity contribution in [3.63, 3.8) is 0 Å². The minimum Gasteiger partial charge on any atom is -0.497 e. The maximum atomic E-state index is 13.0. The van der Waals surface area contributed by atoms with Crippen molar-refractivity contribution in [1.82, 2.24) is 9.38 Å². The van der Waals surface area contributed by atoms with E-state index in [1.807, 2.05) is 5.38 Å². The maximum Gasteiger partial charge on any atom is 0.281 e. The number of hydrogen-bond acceptors (Lipinski definition) is 6. The molecular weight excluding hydrogens is 386 g/mol. The smallest absolute Gasteiger partial charge is 0.281 e. The molecule has 2 aromatic carbocycles. The lowest BCUT2D eigenvalue weighted by Crippen LogP contribution is -2.26. The topological polar surface area (TPSA) is 81.0 Å². The Labute approximate surface area is 159 Å². The lowest BCUT2D eigenvalue weighted by Gasteiger charge is -2.20. The van der Waals surface area contributed by atoms with E-state index in [1.165, 1.54) is 34.8 Å². The highest BCUT2D eigenvalue weighted by atomic mass is 32.2. The molecule has 0 N–H and O–H groups in total. The van der Waals surface area contributed by atoms with E-state index < -0.39 is 15.6 Å². The third-order valence-electron chi connectivity index (χ3n) is 4.34. The number of anilines is 1. The molecule has 2 aromatic heterocycles. The van der Waals surface area contributed by atoms with Crippen LogP contribution in [-0.2, 0) is 10.0 Å². The first-order valence-corrected chi connectivity index (χ1v) is 10.3. The third-order valence-corrected chi connectivity index (χ3v) is 6.88. The van der Waals surface area contributed by atoms with Gasteiger partial charge in [-0.3, -0.25) is 13.5 Å². The molecule has 0 fully saturated rings. The summed E-state index contributed by atoms with van der Waals surface area (Å²) in [7, 11) is -0.831. The summed E-state index contributed by atoms with van der Waals surface area (Å²) < 4.78 is 34.1. The first-order valence-electron chi connectivity index (χ1n) is 7.94. The van der Waals surface area contributed by atoms with Gasteiger partial charge in [0, 0.05) is 18.6 Å². The Kier molecular flexibility index (Phi) is 4.12. The van der Waals surface area contributed by atoms with E-state index in [9.17, 15) is 13.2 Å². The third kappa shape index (κ3) is 2.84. The molecule has 0 aliphatic rings. The van der Waals surface area contributed by atoms with E-state index in [4.69, 9.17) is 4.74 Å². The van der Waals surface area contributed by atoms with E-state index >= 15 is 0 Å². The Bertz CT molecular complexity index is 1310. The summed E-state index contributed by atoms with van der Waals surface area (Å²) >= 11 is 1.35. The fraction of sp³-hybridized carbons (Fsp3) is 0.111. The Morgan fingerprint density at radius 2 is 1.89 bits per heavy atom. The van der Waals surface area contributed by atoms with Gasteiger partial charge < -0.3 is 4.74 Å². The van der Waals surface area contributed by atoms with Crippen molar-refractivity contribution in [2.45, 2.75) is 4.90 Å². The molecule has 4 aromatic rings. The molecule has 0 atom stereocenters. The molecule has 0 aliphatic carbocycles. The van der Waals surface area contributed by atoms with Gasteiger partial charge in [-0.2, -0.15) is 4.98 Å². The molecule has 0 radical (unpaired) electrons. The number of ether oxygens (including phenoxy) is 1. The van der Waals surface area contributed by atoms with E-state index in [1.54, 1.807) is 48.0 Å². The zero-order valence-electron chi connectivity index (χ0n) is 14.5. The molecule has 0 bridgehead atoms. The molecule has 138 valence electrons. The SMILES string of the molecule is COc1ccc(N(C)S(=O)(=O)c2ccc3c(c2)c(=O)nc2sccn23)cc1. The molecule has 4 rings (SSSR count). The van der Waals surface area contributed by atoms with Gasteiger partial charge in [0.25, 0.3) is 15.6 Å².